The minimum Gasteiger partial charge on any atom is -0.616 e. The van der Waals surface area contributed by atoms with Gasteiger partial charge in [-0.1, -0.05) is 0 Å². The zero-order chi connectivity index (χ0) is 8.27. The minimum atomic E-state index is 0.277. The Balaban J connectivity index is 2.99. The van der Waals surface area contributed by atoms with Gasteiger partial charge in [0, 0.05) is 5.56 Å². The predicted octanol–water partition coefficient (Wildman–Crippen LogP) is 1.07. The van der Waals surface area contributed by atoms with E-state index in [1.165, 1.54) is 13.3 Å². The van der Waals surface area contributed by atoms with Crippen molar-refractivity contribution in [3.8, 4) is 5.88 Å². The van der Waals surface area contributed by atoms with E-state index in [0.29, 0.717) is 10.6 Å². The minimum absolute atomic E-state index is 0.277. The van der Waals surface area contributed by atoms with Crippen molar-refractivity contribution in [2.45, 2.75) is 5.88 Å². The Morgan fingerprint density at radius 2 is 2.36 bits per heavy atom. The van der Waals surface area contributed by atoms with Crippen LogP contribution in [0.3, 0.4) is 0 Å². The first-order valence-electron chi connectivity index (χ1n) is 3.10. The van der Waals surface area contributed by atoms with Crippen LogP contribution in [0.1, 0.15) is 5.56 Å². The van der Waals surface area contributed by atoms with E-state index in [1.807, 2.05) is 0 Å². The van der Waals surface area contributed by atoms with E-state index in [2.05, 4.69) is 0 Å². The zero-order valence-electron chi connectivity index (χ0n) is 6.08. The van der Waals surface area contributed by atoms with Gasteiger partial charge in [0.05, 0.1) is 19.1 Å². The molecule has 0 aliphatic carbocycles. The highest BCUT2D eigenvalue weighted by atomic mass is 35.5. The molecule has 1 aromatic rings. The van der Waals surface area contributed by atoms with E-state index < -0.39 is 0 Å². The summed E-state index contributed by atoms with van der Waals surface area (Å²) in [7, 11) is 1.45. The Labute approximate surface area is 69.8 Å². The molecule has 1 aromatic heterocycles. The summed E-state index contributed by atoms with van der Waals surface area (Å²) in [6, 6.07) is 3.34. The van der Waals surface area contributed by atoms with Gasteiger partial charge in [-0.25, -0.2) is 0 Å². The van der Waals surface area contributed by atoms with Gasteiger partial charge >= 0.3 is 5.88 Å². The van der Waals surface area contributed by atoms with Gasteiger partial charge in [-0.2, -0.15) is 0 Å². The second kappa shape index (κ2) is 3.44. The van der Waals surface area contributed by atoms with Gasteiger partial charge in [-0.3, -0.25) is 0 Å². The van der Waals surface area contributed by atoms with Crippen LogP contribution in [-0.2, 0) is 5.88 Å². The number of hydrogen-bond acceptors (Lipinski definition) is 2. The van der Waals surface area contributed by atoms with Crippen LogP contribution in [0.2, 0.25) is 0 Å². The molecule has 4 heteroatoms. The van der Waals surface area contributed by atoms with Gasteiger partial charge in [0.1, 0.15) is 0 Å². The van der Waals surface area contributed by atoms with E-state index in [4.69, 9.17) is 16.3 Å². The number of alkyl halides is 1. The molecule has 0 unspecified atom stereocenters. The van der Waals surface area contributed by atoms with Crippen LogP contribution in [0, 0.1) is 5.21 Å². The van der Waals surface area contributed by atoms with Crippen LogP contribution in [0.15, 0.2) is 18.3 Å². The van der Waals surface area contributed by atoms with Crippen molar-refractivity contribution in [2.24, 2.45) is 0 Å². The second-order valence-electron chi connectivity index (χ2n) is 2.04. The second-order valence-corrected chi connectivity index (χ2v) is 2.31. The molecule has 0 saturated carbocycles. The molecule has 0 fully saturated rings. The Hall–Kier alpha value is -0.960. The van der Waals surface area contributed by atoms with E-state index in [9.17, 15) is 5.21 Å². The number of nitrogens with zero attached hydrogens (tertiary/aromatic N) is 1. The van der Waals surface area contributed by atoms with Crippen molar-refractivity contribution in [1.29, 1.82) is 0 Å². The average Bonchev–Trinajstić information content (AvgIpc) is 2.04. The van der Waals surface area contributed by atoms with Crippen LogP contribution in [0.5, 0.6) is 5.88 Å². The fourth-order valence-corrected chi connectivity index (χ4v) is 0.904. The number of methoxy groups -OCH3 is 1. The standard InChI is InChI=1S/C7H8ClNO2/c1-11-7-3-2-6(4-8)5-9(7)10/h2-3,5H,4H2,1H3. The van der Waals surface area contributed by atoms with Crippen molar-refractivity contribution >= 4 is 11.6 Å². The number of halogens is 1. The molecule has 0 spiro atoms. The molecule has 1 heterocycles. The molecule has 0 aliphatic heterocycles. The molecule has 0 saturated heterocycles. The monoisotopic (exact) mass is 173 g/mol. The normalized spacial score (nSPS) is 9.64. The highest BCUT2D eigenvalue weighted by Gasteiger charge is 2.03. The molecule has 0 N–H and O–H groups in total. The van der Waals surface area contributed by atoms with Gasteiger partial charge < -0.3 is 9.94 Å². The molecule has 3 nitrogen and oxygen atoms in total. The van der Waals surface area contributed by atoms with E-state index in [0.717, 1.165) is 5.56 Å². The topological polar surface area (TPSA) is 36.2 Å². The summed E-state index contributed by atoms with van der Waals surface area (Å²) in [5.41, 5.74) is 0.780. The summed E-state index contributed by atoms with van der Waals surface area (Å²) in [5, 5.41) is 11.0. The molecular weight excluding hydrogens is 166 g/mol. The summed E-state index contributed by atoms with van der Waals surface area (Å²) in [6.07, 6.45) is 1.39. The molecule has 60 valence electrons. The van der Waals surface area contributed by atoms with Crippen molar-refractivity contribution in [1.82, 2.24) is 0 Å². The quantitative estimate of drug-likeness (QED) is 0.381. The van der Waals surface area contributed by atoms with Crippen LogP contribution in [0.25, 0.3) is 0 Å². The Kier molecular flexibility index (Phi) is 2.54. The number of hydrogen-bond donors (Lipinski definition) is 0. The van der Waals surface area contributed by atoms with Gasteiger partial charge in [0.25, 0.3) is 0 Å². The van der Waals surface area contributed by atoms with E-state index in [-0.39, 0.29) is 5.88 Å². The molecule has 0 atom stereocenters. The predicted molar refractivity (Wildman–Crippen MR) is 41.5 cm³/mol. The highest BCUT2D eigenvalue weighted by molar-refractivity contribution is 6.17. The number of rotatable bonds is 2. The first-order valence-corrected chi connectivity index (χ1v) is 3.63. The first kappa shape index (κ1) is 8.14. The van der Waals surface area contributed by atoms with E-state index in [1.54, 1.807) is 12.1 Å². The average molecular weight is 174 g/mol. The third-order valence-corrected chi connectivity index (χ3v) is 1.61. The van der Waals surface area contributed by atoms with Crippen LogP contribution < -0.4 is 9.47 Å². The fraction of sp³-hybridized carbons (Fsp3) is 0.286. The Morgan fingerprint density at radius 1 is 1.64 bits per heavy atom. The fourth-order valence-electron chi connectivity index (χ4n) is 0.746. The Bertz CT molecular complexity index is 252. The maximum atomic E-state index is 11.0. The molecule has 0 aromatic carbocycles. The smallest absolute Gasteiger partial charge is 0.379 e. The molecule has 0 aliphatic rings. The van der Waals surface area contributed by atoms with Crippen LogP contribution in [-0.4, -0.2) is 7.11 Å². The number of pyridine rings is 1. The SMILES string of the molecule is COc1ccc(CCl)c[n+]1[O-]. The lowest BCUT2D eigenvalue weighted by Crippen LogP contribution is -2.28. The number of aromatic nitrogens is 1. The van der Waals surface area contributed by atoms with Gasteiger partial charge in [-0.15, -0.1) is 16.3 Å². The lowest BCUT2D eigenvalue weighted by atomic mass is 10.3. The van der Waals surface area contributed by atoms with Crippen LogP contribution >= 0.6 is 11.6 Å². The number of ether oxygens (including phenoxy) is 1. The third-order valence-electron chi connectivity index (χ3n) is 1.30. The summed E-state index contributed by atoms with van der Waals surface area (Å²) < 4.78 is 5.40. The summed E-state index contributed by atoms with van der Waals surface area (Å²) in [5.74, 6) is 0.616. The lowest BCUT2D eigenvalue weighted by Gasteiger charge is -2.02. The van der Waals surface area contributed by atoms with Gasteiger partial charge in [0.15, 0.2) is 6.20 Å². The highest BCUT2D eigenvalue weighted by Crippen LogP contribution is 2.05. The lowest BCUT2D eigenvalue weighted by molar-refractivity contribution is -0.612. The van der Waals surface area contributed by atoms with E-state index >= 15 is 0 Å². The van der Waals surface area contributed by atoms with Crippen molar-refractivity contribution < 1.29 is 9.47 Å². The molecule has 0 bridgehead atoms. The molecular formula is C7H8ClNO2. The largest absolute Gasteiger partial charge is 0.616 e. The first-order chi connectivity index (χ1) is 5.27. The zero-order valence-corrected chi connectivity index (χ0v) is 6.84. The summed E-state index contributed by atoms with van der Waals surface area (Å²) in [4.78, 5) is 0. The van der Waals surface area contributed by atoms with Crippen LogP contribution in [0.4, 0.5) is 0 Å². The maximum Gasteiger partial charge on any atom is 0.379 e. The van der Waals surface area contributed by atoms with Gasteiger partial charge in [-0.05, 0) is 6.07 Å². The van der Waals surface area contributed by atoms with Crippen molar-refractivity contribution in [2.75, 3.05) is 7.11 Å². The Morgan fingerprint density at radius 3 is 2.82 bits per heavy atom. The molecule has 0 radical (unpaired) electrons. The van der Waals surface area contributed by atoms with Gasteiger partial charge in [0.2, 0.25) is 0 Å². The summed E-state index contributed by atoms with van der Waals surface area (Å²) in [6.45, 7) is 0. The molecule has 0 amide bonds. The third kappa shape index (κ3) is 1.74. The maximum absolute atomic E-state index is 11.0. The van der Waals surface area contributed by atoms with Crippen molar-refractivity contribution in [3.63, 3.8) is 0 Å². The molecule has 11 heavy (non-hydrogen) atoms. The van der Waals surface area contributed by atoms with Crippen molar-refractivity contribution in [3.05, 3.63) is 29.1 Å². The summed E-state index contributed by atoms with van der Waals surface area (Å²) >= 11 is 5.50. The molecule has 1 rings (SSSR count).